The van der Waals surface area contributed by atoms with E-state index in [-0.39, 0.29) is 37.1 Å². The molecule has 0 aliphatic carbocycles. The summed E-state index contributed by atoms with van der Waals surface area (Å²) in [5.41, 5.74) is 4.31. The van der Waals surface area contributed by atoms with E-state index in [0.717, 1.165) is 72.5 Å². The van der Waals surface area contributed by atoms with Crippen molar-refractivity contribution in [1.82, 2.24) is 4.90 Å². The van der Waals surface area contributed by atoms with Crippen LogP contribution in [-0.4, -0.2) is 56.2 Å². The number of aldehydes is 1. The minimum Gasteiger partial charge on any atom is -0.493 e. The summed E-state index contributed by atoms with van der Waals surface area (Å²) < 4.78 is 19.1. The molecular weight excluding hydrogens is 530 g/mol. The van der Waals surface area contributed by atoms with Gasteiger partial charge in [0.15, 0.2) is 23.9 Å². The van der Waals surface area contributed by atoms with Crippen LogP contribution in [0.5, 0.6) is 17.2 Å². The number of carbonyl (C=O) groups is 2. The van der Waals surface area contributed by atoms with E-state index < -0.39 is 0 Å². The lowest BCUT2D eigenvalue weighted by atomic mass is 9.83. The van der Waals surface area contributed by atoms with Gasteiger partial charge in [0.25, 0.3) is 0 Å². The lowest BCUT2D eigenvalue weighted by Gasteiger charge is -2.29. The van der Waals surface area contributed by atoms with Crippen molar-refractivity contribution in [3.8, 4) is 17.2 Å². The lowest BCUT2D eigenvalue weighted by Crippen LogP contribution is -2.44. The molecule has 42 heavy (non-hydrogen) atoms. The number of rotatable bonds is 11. The zero-order valence-electron chi connectivity index (χ0n) is 24.5. The smallest absolute Gasteiger partial charge is 0.241 e. The Labute approximate surface area is 247 Å². The molecule has 0 radical (unpaired) electrons. The quantitative estimate of drug-likeness (QED) is 0.254. The summed E-state index contributed by atoms with van der Waals surface area (Å²) in [6.45, 7) is 4.63. The third-order valence-corrected chi connectivity index (χ3v) is 8.91. The average Bonchev–Trinajstić information content (AvgIpc) is 3.74. The van der Waals surface area contributed by atoms with Crippen LogP contribution in [0.1, 0.15) is 48.8 Å². The van der Waals surface area contributed by atoms with Crippen molar-refractivity contribution in [2.75, 3.05) is 37.9 Å². The van der Waals surface area contributed by atoms with Crippen molar-refractivity contribution < 1.29 is 28.4 Å². The van der Waals surface area contributed by atoms with Crippen LogP contribution in [0.25, 0.3) is 0 Å². The molecule has 0 saturated carbocycles. The van der Waals surface area contributed by atoms with Crippen LogP contribution < -0.4 is 23.7 Å². The van der Waals surface area contributed by atoms with Crippen molar-refractivity contribution in [2.24, 2.45) is 13.0 Å². The molecule has 1 aromatic heterocycles. The van der Waals surface area contributed by atoms with E-state index in [1.165, 1.54) is 5.56 Å². The zero-order valence-corrected chi connectivity index (χ0v) is 24.5. The fourth-order valence-corrected chi connectivity index (χ4v) is 6.72. The van der Waals surface area contributed by atoms with Crippen LogP contribution in [0.2, 0.25) is 0 Å². The predicted octanol–water partition coefficient (Wildman–Crippen LogP) is 4.22. The number of anilines is 1. The van der Waals surface area contributed by atoms with Crippen molar-refractivity contribution in [1.29, 1.82) is 0 Å². The maximum atomic E-state index is 14.0. The molecular formula is C34H40N3O5+. The van der Waals surface area contributed by atoms with E-state index in [1.54, 1.807) is 0 Å². The molecule has 0 unspecified atom stereocenters. The predicted molar refractivity (Wildman–Crippen MR) is 159 cm³/mol. The number of carbonyl (C=O) groups excluding carboxylic acids is 2. The maximum absolute atomic E-state index is 14.0. The van der Waals surface area contributed by atoms with E-state index in [0.29, 0.717) is 19.7 Å². The number of unbranched alkanes of at least 4 members (excludes halogenated alkanes) is 1. The van der Waals surface area contributed by atoms with Crippen molar-refractivity contribution in [3.05, 3.63) is 77.6 Å². The zero-order chi connectivity index (χ0) is 29.1. The van der Waals surface area contributed by atoms with Gasteiger partial charge >= 0.3 is 0 Å². The number of nitrogens with zero attached hydrogens (tertiary/aromatic N) is 3. The summed E-state index contributed by atoms with van der Waals surface area (Å²) in [4.78, 5) is 31.0. The van der Waals surface area contributed by atoms with Gasteiger partial charge < -0.3 is 23.9 Å². The molecule has 6 rings (SSSR count). The Balaban J connectivity index is 1.28. The molecule has 1 amide bonds. The maximum Gasteiger partial charge on any atom is 0.241 e. The molecule has 4 heterocycles. The number of benzene rings is 2. The number of amides is 1. The van der Waals surface area contributed by atoms with Crippen molar-refractivity contribution >= 4 is 17.9 Å². The van der Waals surface area contributed by atoms with E-state index in [1.807, 2.05) is 59.2 Å². The van der Waals surface area contributed by atoms with Crippen LogP contribution in [-0.2, 0) is 29.5 Å². The van der Waals surface area contributed by atoms with Gasteiger partial charge in [-0.3, -0.25) is 9.69 Å². The Bertz CT molecular complexity index is 1440. The number of hydrogen-bond donors (Lipinski definition) is 0. The molecule has 3 aliphatic heterocycles. The molecule has 8 nitrogen and oxygen atoms in total. The van der Waals surface area contributed by atoms with Gasteiger partial charge in [-0.2, -0.15) is 0 Å². The number of fused-ring (bicyclic) bond motifs is 2. The normalized spacial score (nSPS) is 20.8. The Morgan fingerprint density at radius 2 is 2.02 bits per heavy atom. The number of aryl methyl sites for hydroxylation is 2. The molecule has 0 N–H and O–H groups in total. The van der Waals surface area contributed by atoms with Crippen LogP contribution in [0.3, 0.4) is 0 Å². The van der Waals surface area contributed by atoms with Gasteiger partial charge in [-0.1, -0.05) is 37.6 Å². The number of pyridine rings is 1. The molecule has 1 fully saturated rings. The fourth-order valence-electron chi connectivity index (χ4n) is 6.72. The molecule has 3 aromatic rings. The van der Waals surface area contributed by atoms with Crippen molar-refractivity contribution in [3.63, 3.8) is 0 Å². The highest BCUT2D eigenvalue weighted by Gasteiger charge is 2.43. The first kappa shape index (κ1) is 28.2. The first-order chi connectivity index (χ1) is 20.6. The minimum absolute atomic E-state index is 0.00545. The fraction of sp³-hybridized carbons (Fsp3) is 0.441. The van der Waals surface area contributed by atoms with Crippen LogP contribution in [0, 0.1) is 5.92 Å². The topological polar surface area (TPSA) is 72.2 Å². The van der Waals surface area contributed by atoms with Crippen molar-refractivity contribution in [2.45, 2.75) is 51.0 Å². The molecule has 2 aromatic carbocycles. The standard InChI is InChI=1S/C34H40N3O5/c1-3-4-16-37(27-8-6-15-35(2)19-27)33(39)21-36-20-28(25-11-13-31-26(18-25)14-17-40-31)29(22-38)30(36)12-10-24-7-5-9-32-34(24)42-23-41-32/h5-9,11,13,15,18-19,22,28-30H,3-4,10,12,14,16-17,20-21,23H2,1-2H3/q+1/t28-,29-,30+/m1/s1. The SMILES string of the molecule is CCCCN(C(=O)CN1C[C@H](c2ccc3c(c2)CCO3)[C@@H](C=O)[C@@H]1CCc1cccc2c1OCO2)c1ccc[n+](C)c1. The second-order valence-corrected chi connectivity index (χ2v) is 11.6. The molecule has 8 heteroatoms. The van der Waals surface area contributed by atoms with Gasteiger partial charge in [0.05, 0.1) is 13.2 Å². The Morgan fingerprint density at radius 3 is 2.86 bits per heavy atom. The van der Waals surface area contributed by atoms with Crippen LogP contribution in [0.15, 0.2) is 60.9 Å². The summed E-state index contributed by atoms with van der Waals surface area (Å²) in [6.07, 6.45) is 9.35. The van der Waals surface area contributed by atoms with E-state index >= 15 is 0 Å². The van der Waals surface area contributed by atoms with Gasteiger partial charge in [-0.05, 0) is 54.2 Å². The number of hydrogen-bond acceptors (Lipinski definition) is 6. The van der Waals surface area contributed by atoms with Gasteiger partial charge in [0.1, 0.15) is 24.8 Å². The number of likely N-dealkylation sites (tertiary alicyclic amines) is 1. The third kappa shape index (κ3) is 5.73. The molecule has 3 aliphatic rings. The molecule has 1 saturated heterocycles. The lowest BCUT2D eigenvalue weighted by molar-refractivity contribution is -0.670. The van der Waals surface area contributed by atoms with Gasteiger partial charge in [0.2, 0.25) is 12.7 Å². The highest BCUT2D eigenvalue weighted by atomic mass is 16.7. The summed E-state index contributed by atoms with van der Waals surface area (Å²) in [5.74, 6) is 2.32. The molecule has 3 atom stereocenters. The van der Waals surface area contributed by atoms with E-state index in [9.17, 15) is 9.59 Å². The molecule has 0 bridgehead atoms. The third-order valence-electron chi connectivity index (χ3n) is 8.91. The minimum atomic E-state index is -0.231. The monoisotopic (exact) mass is 570 g/mol. The first-order valence-electron chi connectivity index (χ1n) is 15.1. The average molecular weight is 571 g/mol. The van der Waals surface area contributed by atoms with Crippen LogP contribution in [0.4, 0.5) is 5.69 Å². The summed E-state index contributed by atoms with van der Waals surface area (Å²) in [6, 6.07) is 16.2. The number of ether oxygens (including phenoxy) is 3. The Kier molecular flexibility index (Phi) is 8.42. The summed E-state index contributed by atoms with van der Waals surface area (Å²) in [7, 11) is 1.97. The highest BCUT2D eigenvalue weighted by Crippen LogP contribution is 2.42. The number of para-hydroxylation sites is 1. The Morgan fingerprint density at radius 1 is 1.12 bits per heavy atom. The second-order valence-electron chi connectivity index (χ2n) is 11.6. The first-order valence-corrected chi connectivity index (χ1v) is 15.1. The van der Waals surface area contributed by atoms with Gasteiger partial charge in [-0.15, -0.1) is 0 Å². The van der Waals surface area contributed by atoms with Gasteiger partial charge in [-0.25, -0.2) is 4.57 Å². The van der Waals surface area contributed by atoms with E-state index in [2.05, 4.69) is 30.0 Å². The van der Waals surface area contributed by atoms with Gasteiger partial charge in [0, 0.05) is 43.5 Å². The largest absolute Gasteiger partial charge is 0.493 e. The van der Waals surface area contributed by atoms with Crippen LogP contribution >= 0.6 is 0 Å². The second kappa shape index (κ2) is 12.5. The molecule has 0 spiro atoms. The molecule has 220 valence electrons. The Hall–Kier alpha value is -3.91. The summed E-state index contributed by atoms with van der Waals surface area (Å²) in [5, 5.41) is 0. The van der Waals surface area contributed by atoms with E-state index in [4.69, 9.17) is 14.2 Å². The summed E-state index contributed by atoms with van der Waals surface area (Å²) >= 11 is 0. The highest BCUT2D eigenvalue weighted by molar-refractivity contribution is 5.94. The number of aromatic nitrogens is 1.